The van der Waals surface area contributed by atoms with Gasteiger partial charge in [0.05, 0.1) is 0 Å². The third-order valence-electron chi connectivity index (χ3n) is 2.73. The highest BCUT2D eigenvalue weighted by Gasteiger charge is 2.19. The predicted molar refractivity (Wildman–Crippen MR) is 66.3 cm³/mol. The molecule has 84 valence electrons. The summed E-state index contributed by atoms with van der Waals surface area (Å²) < 4.78 is 0. The Morgan fingerprint density at radius 3 is 3.07 bits per heavy atom. The van der Waals surface area contributed by atoms with Gasteiger partial charge in [0.25, 0.3) is 0 Å². The van der Waals surface area contributed by atoms with Gasteiger partial charge < -0.3 is 10.2 Å². The van der Waals surface area contributed by atoms with E-state index in [1.807, 2.05) is 11.3 Å². The summed E-state index contributed by atoms with van der Waals surface area (Å²) in [6, 6.07) is 5.19. The van der Waals surface area contributed by atoms with Crippen LogP contribution < -0.4 is 5.32 Å². The Hall–Kier alpha value is -0.380. The lowest BCUT2D eigenvalue weighted by atomic mass is 10.3. The van der Waals surface area contributed by atoms with Crippen molar-refractivity contribution >= 4 is 11.3 Å². The zero-order chi connectivity index (χ0) is 10.5. The fourth-order valence-corrected chi connectivity index (χ4v) is 2.47. The minimum atomic E-state index is 0.854. The van der Waals surface area contributed by atoms with Crippen LogP contribution in [0.15, 0.2) is 17.5 Å². The predicted octanol–water partition coefficient (Wildman–Crippen LogP) is 2.32. The summed E-state index contributed by atoms with van der Waals surface area (Å²) >= 11 is 1.85. The van der Waals surface area contributed by atoms with Gasteiger partial charge in [-0.1, -0.05) is 6.07 Å². The van der Waals surface area contributed by atoms with E-state index in [-0.39, 0.29) is 0 Å². The van der Waals surface area contributed by atoms with Crippen LogP contribution in [0.4, 0.5) is 0 Å². The van der Waals surface area contributed by atoms with Crippen molar-refractivity contribution in [3.8, 4) is 0 Å². The average molecular weight is 224 g/mol. The topological polar surface area (TPSA) is 15.3 Å². The minimum Gasteiger partial charge on any atom is -0.314 e. The first-order valence-electron chi connectivity index (χ1n) is 5.79. The Morgan fingerprint density at radius 2 is 2.40 bits per heavy atom. The van der Waals surface area contributed by atoms with Crippen molar-refractivity contribution in [2.45, 2.75) is 31.8 Å². The van der Waals surface area contributed by atoms with Crippen LogP contribution in [0.5, 0.6) is 0 Å². The maximum Gasteiger partial charge on any atom is 0.0324 e. The third kappa shape index (κ3) is 4.33. The van der Waals surface area contributed by atoms with Gasteiger partial charge in [0.15, 0.2) is 0 Å². The molecule has 0 spiro atoms. The van der Waals surface area contributed by atoms with Gasteiger partial charge in [-0.15, -0.1) is 11.3 Å². The van der Waals surface area contributed by atoms with Crippen LogP contribution in [-0.4, -0.2) is 31.1 Å². The number of nitrogens with zero attached hydrogens (tertiary/aromatic N) is 1. The molecule has 1 aliphatic carbocycles. The lowest BCUT2D eigenvalue weighted by Crippen LogP contribution is -2.24. The molecule has 15 heavy (non-hydrogen) atoms. The molecule has 0 saturated heterocycles. The number of hydrogen-bond acceptors (Lipinski definition) is 3. The van der Waals surface area contributed by atoms with Crippen molar-refractivity contribution < 1.29 is 0 Å². The van der Waals surface area contributed by atoms with Gasteiger partial charge in [0.1, 0.15) is 0 Å². The zero-order valence-electron chi connectivity index (χ0n) is 9.41. The van der Waals surface area contributed by atoms with Crippen molar-refractivity contribution in [1.82, 2.24) is 10.2 Å². The molecule has 3 heteroatoms. The molecule has 0 unspecified atom stereocenters. The quantitative estimate of drug-likeness (QED) is 0.715. The first-order chi connectivity index (χ1) is 7.34. The van der Waals surface area contributed by atoms with Gasteiger partial charge in [0.2, 0.25) is 0 Å². The molecule has 0 atom stereocenters. The summed E-state index contributed by atoms with van der Waals surface area (Å²) in [5.74, 6) is 0. The maximum atomic E-state index is 3.55. The standard InChI is InChI=1S/C12H20N2S/c1-14(10-12-4-2-9-15-12)8-3-7-13-11-5-6-11/h2,4,9,11,13H,3,5-8,10H2,1H3. The minimum absolute atomic E-state index is 0.854. The van der Waals surface area contributed by atoms with Crippen LogP contribution in [0.2, 0.25) is 0 Å². The smallest absolute Gasteiger partial charge is 0.0324 e. The van der Waals surface area contributed by atoms with Crippen molar-refractivity contribution in [1.29, 1.82) is 0 Å². The lowest BCUT2D eigenvalue weighted by Gasteiger charge is -2.15. The molecule has 0 radical (unpaired) electrons. The highest BCUT2D eigenvalue weighted by molar-refractivity contribution is 7.09. The molecule has 2 rings (SSSR count). The molecule has 1 fully saturated rings. The summed E-state index contributed by atoms with van der Waals surface area (Å²) in [6.45, 7) is 3.47. The molecule has 1 N–H and O–H groups in total. The Kier molecular flexibility index (Phi) is 4.18. The largest absolute Gasteiger partial charge is 0.314 e. The molecule has 0 bridgehead atoms. The summed E-state index contributed by atoms with van der Waals surface area (Å²) in [4.78, 5) is 3.87. The van der Waals surface area contributed by atoms with E-state index in [1.165, 1.54) is 37.2 Å². The third-order valence-corrected chi connectivity index (χ3v) is 3.59. The fourth-order valence-electron chi connectivity index (χ4n) is 1.69. The van der Waals surface area contributed by atoms with Crippen molar-refractivity contribution in [2.75, 3.05) is 20.1 Å². The fraction of sp³-hybridized carbons (Fsp3) is 0.667. The van der Waals surface area contributed by atoms with Crippen LogP contribution in [-0.2, 0) is 6.54 Å². The number of hydrogen-bond donors (Lipinski definition) is 1. The van der Waals surface area contributed by atoms with E-state index in [1.54, 1.807) is 0 Å². The molecule has 1 aliphatic rings. The number of thiophene rings is 1. The summed E-state index contributed by atoms with van der Waals surface area (Å²) in [5.41, 5.74) is 0. The molecule has 0 amide bonds. The van der Waals surface area contributed by atoms with Gasteiger partial charge in [-0.25, -0.2) is 0 Å². The Bertz CT molecular complexity index is 267. The normalized spacial score (nSPS) is 16.1. The number of rotatable bonds is 7. The van der Waals surface area contributed by atoms with Crippen molar-refractivity contribution in [2.24, 2.45) is 0 Å². The molecule has 0 aliphatic heterocycles. The van der Waals surface area contributed by atoms with Crippen LogP contribution in [0.1, 0.15) is 24.1 Å². The van der Waals surface area contributed by atoms with E-state index in [0.717, 1.165) is 12.6 Å². The maximum absolute atomic E-state index is 3.55. The second kappa shape index (κ2) is 5.64. The second-order valence-corrected chi connectivity index (χ2v) is 5.43. The van der Waals surface area contributed by atoms with E-state index >= 15 is 0 Å². The highest BCUT2D eigenvalue weighted by Crippen LogP contribution is 2.18. The molecule has 1 aromatic rings. The molecule has 1 aromatic heterocycles. The second-order valence-electron chi connectivity index (χ2n) is 4.40. The summed E-state index contributed by atoms with van der Waals surface area (Å²) in [5, 5.41) is 5.70. The van der Waals surface area contributed by atoms with Crippen LogP contribution in [0, 0.1) is 0 Å². The van der Waals surface area contributed by atoms with E-state index in [4.69, 9.17) is 0 Å². The van der Waals surface area contributed by atoms with Gasteiger partial charge in [-0.05, 0) is 50.8 Å². The van der Waals surface area contributed by atoms with E-state index in [2.05, 4.69) is 34.8 Å². The van der Waals surface area contributed by atoms with Crippen LogP contribution in [0.3, 0.4) is 0 Å². The SMILES string of the molecule is CN(CCCNC1CC1)Cc1cccs1. The van der Waals surface area contributed by atoms with Crippen molar-refractivity contribution in [3.63, 3.8) is 0 Å². The molecule has 0 aromatic carbocycles. The van der Waals surface area contributed by atoms with E-state index in [0.29, 0.717) is 0 Å². The lowest BCUT2D eigenvalue weighted by molar-refractivity contribution is 0.322. The van der Waals surface area contributed by atoms with Gasteiger partial charge in [0, 0.05) is 17.5 Å². The average Bonchev–Trinajstić information content (AvgIpc) is 2.91. The van der Waals surface area contributed by atoms with Gasteiger partial charge >= 0.3 is 0 Å². The monoisotopic (exact) mass is 224 g/mol. The first-order valence-corrected chi connectivity index (χ1v) is 6.67. The Labute approximate surface area is 96.3 Å². The van der Waals surface area contributed by atoms with Gasteiger partial charge in [-0.3, -0.25) is 0 Å². The molecular weight excluding hydrogens is 204 g/mol. The summed E-state index contributed by atoms with van der Waals surface area (Å²) in [7, 11) is 2.21. The highest BCUT2D eigenvalue weighted by atomic mass is 32.1. The number of nitrogens with one attached hydrogen (secondary N) is 1. The van der Waals surface area contributed by atoms with Crippen LogP contribution in [0.25, 0.3) is 0 Å². The van der Waals surface area contributed by atoms with E-state index in [9.17, 15) is 0 Å². The molecule has 1 heterocycles. The van der Waals surface area contributed by atoms with Gasteiger partial charge in [-0.2, -0.15) is 0 Å². The Balaban J connectivity index is 1.53. The van der Waals surface area contributed by atoms with Crippen molar-refractivity contribution in [3.05, 3.63) is 22.4 Å². The molecule has 1 saturated carbocycles. The first kappa shape index (κ1) is 11.1. The van der Waals surface area contributed by atoms with Crippen LogP contribution >= 0.6 is 11.3 Å². The molecular formula is C12H20N2S. The van der Waals surface area contributed by atoms with E-state index < -0.39 is 0 Å². The zero-order valence-corrected chi connectivity index (χ0v) is 10.2. The molecule has 2 nitrogen and oxygen atoms in total. The Morgan fingerprint density at radius 1 is 1.53 bits per heavy atom. The summed E-state index contributed by atoms with van der Waals surface area (Å²) in [6.07, 6.45) is 4.05.